The number of rotatable bonds is 8. The molecule has 0 atom stereocenters. The van der Waals surface area contributed by atoms with Crippen molar-refractivity contribution in [1.82, 2.24) is 24.6 Å². The molecule has 3 heterocycles. The molecule has 10 heteroatoms. The largest absolute Gasteiger partial charge is 0.461 e. The third-order valence-corrected chi connectivity index (χ3v) is 4.74. The number of Topliss-reactive ketones (excluding diaryl/α,β-unsaturated/α-hetero) is 1. The predicted octanol–water partition coefficient (Wildman–Crippen LogP) is 1.90. The van der Waals surface area contributed by atoms with Crippen LogP contribution in [0.5, 0.6) is 0 Å². The van der Waals surface area contributed by atoms with Gasteiger partial charge in [0.25, 0.3) is 5.78 Å². The smallest absolute Gasteiger partial charge is 0.259 e. The van der Waals surface area contributed by atoms with Crippen molar-refractivity contribution >= 4 is 23.5 Å². The Morgan fingerprint density at radius 3 is 2.58 bits per heavy atom. The van der Waals surface area contributed by atoms with Gasteiger partial charge in [-0.1, -0.05) is 24.3 Å². The quantitative estimate of drug-likeness (QED) is 0.388. The Morgan fingerprint density at radius 2 is 1.90 bits per heavy atom. The Morgan fingerprint density at radius 1 is 1.16 bits per heavy atom. The van der Waals surface area contributed by atoms with Crippen LogP contribution in [0.2, 0.25) is 0 Å². The second kappa shape index (κ2) is 8.15. The summed E-state index contributed by atoms with van der Waals surface area (Å²) in [6.45, 7) is 3.58. The van der Waals surface area contributed by atoms with Gasteiger partial charge in [0.1, 0.15) is 5.60 Å². The van der Waals surface area contributed by atoms with Gasteiger partial charge in [0.2, 0.25) is 17.7 Å². The molecule has 4 N–H and O–H groups in total. The van der Waals surface area contributed by atoms with Crippen molar-refractivity contribution in [3.63, 3.8) is 0 Å². The van der Waals surface area contributed by atoms with Crippen molar-refractivity contribution in [3.05, 3.63) is 53.8 Å². The van der Waals surface area contributed by atoms with E-state index >= 15 is 0 Å². The standard InChI is InChI=1S/C21H23N7O3/c1-21(2,30)16(29)12-14-7-5-13(6-8-14)9-10-23-19-25-18(22)28-20(26-19)24-17(27-28)15-4-3-11-31-15/h3-8,11,30H,9-10,12H2,1-2H3,(H3,22,23,24,25,26,27). The molecule has 0 aliphatic rings. The van der Waals surface area contributed by atoms with Crippen LogP contribution in [0, 0.1) is 0 Å². The van der Waals surface area contributed by atoms with Crippen molar-refractivity contribution in [2.24, 2.45) is 0 Å². The molecule has 0 aliphatic carbocycles. The minimum Gasteiger partial charge on any atom is -0.461 e. The van der Waals surface area contributed by atoms with Crippen LogP contribution < -0.4 is 11.1 Å². The monoisotopic (exact) mass is 421 g/mol. The molecule has 0 radical (unpaired) electrons. The van der Waals surface area contributed by atoms with Crippen LogP contribution in [0.25, 0.3) is 17.4 Å². The second-order valence-electron chi connectivity index (χ2n) is 7.68. The fraction of sp³-hybridized carbons (Fsp3) is 0.286. The fourth-order valence-electron chi connectivity index (χ4n) is 2.94. The topological polar surface area (TPSA) is 144 Å². The maximum atomic E-state index is 11.9. The van der Waals surface area contributed by atoms with Gasteiger partial charge < -0.3 is 20.6 Å². The summed E-state index contributed by atoms with van der Waals surface area (Å²) >= 11 is 0. The van der Waals surface area contributed by atoms with Gasteiger partial charge in [-0.3, -0.25) is 4.79 Å². The lowest BCUT2D eigenvalue weighted by atomic mass is 9.96. The highest BCUT2D eigenvalue weighted by atomic mass is 16.3. The summed E-state index contributed by atoms with van der Waals surface area (Å²) in [5.41, 5.74) is 6.61. The van der Waals surface area contributed by atoms with E-state index in [0.29, 0.717) is 29.9 Å². The van der Waals surface area contributed by atoms with Crippen LogP contribution in [0.4, 0.5) is 11.9 Å². The Balaban J connectivity index is 1.37. The summed E-state index contributed by atoms with van der Waals surface area (Å²) in [5, 5.41) is 17.2. The number of benzene rings is 1. The molecule has 0 unspecified atom stereocenters. The number of nitrogens with zero attached hydrogens (tertiary/aromatic N) is 5. The Labute approximate surface area is 178 Å². The van der Waals surface area contributed by atoms with Crippen molar-refractivity contribution in [2.75, 3.05) is 17.6 Å². The Kier molecular flexibility index (Phi) is 5.38. The molecule has 0 saturated heterocycles. The van der Waals surface area contributed by atoms with E-state index in [1.807, 2.05) is 24.3 Å². The van der Waals surface area contributed by atoms with E-state index in [-0.39, 0.29) is 18.2 Å². The summed E-state index contributed by atoms with van der Waals surface area (Å²) < 4.78 is 6.66. The van der Waals surface area contributed by atoms with Crippen LogP contribution in [-0.4, -0.2) is 47.6 Å². The number of hydrogen-bond donors (Lipinski definition) is 3. The minimum atomic E-state index is -1.32. The number of fused-ring (bicyclic) bond motifs is 1. The van der Waals surface area contributed by atoms with Gasteiger partial charge in [0.15, 0.2) is 11.5 Å². The van der Waals surface area contributed by atoms with E-state index in [1.54, 1.807) is 18.4 Å². The van der Waals surface area contributed by atoms with Gasteiger partial charge >= 0.3 is 0 Å². The lowest BCUT2D eigenvalue weighted by Crippen LogP contribution is -2.32. The maximum Gasteiger partial charge on any atom is 0.259 e. The number of anilines is 2. The first kappa shape index (κ1) is 20.5. The number of aliphatic hydroxyl groups is 1. The maximum absolute atomic E-state index is 11.9. The molecule has 3 aromatic heterocycles. The van der Waals surface area contributed by atoms with Crippen molar-refractivity contribution in [3.8, 4) is 11.6 Å². The van der Waals surface area contributed by atoms with E-state index in [9.17, 15) is 9.90 Å². The molecule has 0 saturated carbocycles. The van der Waals surface area contributed by atoms with Gasteiger partial charge in [0, 0.05) is 13.0 Å². The first-order chi connectivity index (χ1) is 14.8. The number of furan rings is 1. The van der Waals surface area contributed by atoms with Crippen molar-refractivity contribution in [1.29, 1.82) is 0 Å². The van der Waals surface area contributed by atoms with Crippen molar-refractivity contribution in [2.45, 2.75) is 32.3 Å². The molecule has 0 bridgehead atoms. The average molecular weight is 421 g/mol. The van der Waals surface area contributed by atoms with Crippen LogP contribution in [0.1, 0.15) is 25.0 Å². The molecule has 1 aromatic carbocycles. The number of nitrogens with one attached hydrogen (secondary N) is 1. The summed E-state index contributed by atoms with van der Waals surface area (Å²) in [5.74, 6) is 1.53. The SMILES string of the molecule is CC(C)(O)C(=O)Cc1ccc(CCNc2nc(N)n3nc(-c4ccco4)nc3n2)cc1. The summed E-state index contributed by atoms with van der Waals surface area (Å²) in [6, 6.07) is 11.2. The van der Waals surface area contributed by atoms with E-state index in [0.717, 1.165) is 17.5 Å². The first-order valence-electron chi connectivity index (χ1n) is 9.81. The zero-order valence-corrected chi connectivity index (χ0v) is 17.2. The number of carbonyl (C=O) groups is 1. The molecular weight excluding hydrogens is 398 g/mol. The van der Waals surface area contributed by atoms with E-state index in [1.165, 1.54) is 18.4 Å². The average Bonchev–Trinajstić information content (AvgIpc) is 3.38. The van der Waals surface area contributed by atoms with E-state index in [2.05, 4.69) is 25.4 Å². The highest BCUT2D eigenvalue weighted by molar-refractivity contribution is 5.88. The van der Waals surface area contributed by atoms with Crippen molar-refractivity contribution < 1.29 is 14.3 Å². The van der Waals surface area contributed by atoms with E-state index in [4.69, 9.17) is 10.2 Å². The fourth-order valence-corrected chi connectivity index (χ4v) is 2.94. The van der Waals surface area contributed by atoms with Crippen LogP contribution in [0.15, 0.2) is 47.1 Å². The molecule has 0 spiro atoms. The molecule has 0 aliphatic heterocycles. The van der Waals surface area contributed by atoms with Gasteiger partial charge in [-0.05, 0) is 43.5 Å². The summed E-state index contributed by atoms with van der Waals surface area (Å²) in [4.78, 5) is 24.8. The molecule has 0 fully saturated rings. The zero-order valence-electron chi connectivity index (χ0n) is 17.2. The number of ketones is 1. The van der Waals surface area contributed by atoms with Gasteiger partial charge in [-0.2, -0.15) is 19.5 Å². The molecule has 4 aromatic rings. The van der Waals surface area contributed by atoms with Crippen LogP contribution in [-0.2, 0) is 17.6 Å². The van der Waals surface area contributed by atoms with E-state index < -0.39 is 5.60 Å². The normalized spacial score (nSPS) is 11.7. The zero-order chi connectivity index (χ0) is 22.0. The summed E-state index contributed by atoms with van der Waals surface area (Å²) in [6.07, 6.45) is 2.47. The van der Waals surface area contributed by atoms with Gasteiger partial charge in [-0.15, -0.1) is 5.10 Å². The minimum absolute atomic E-state index is 0.165. The molecule has 31 heavy (non-hydrogen) atoms. The molecular formula is C21H23N7O3. The second-order valence-corrected chi connectivity index (χ2v) is 7.68. The number of aromatic nitrogens is 5. The predicted molar refractivity (Wildman–Crippen MR) is 114 cm³/mol. The van der Waals surface area contributed by atoms with Gasteiger partial charge in [0.05, 0.1) is 6.26 Å². The number of carbonyl (C=O) groups excluding carboxylic acids is 1. The lowest BCUT2D eigenvalue weighted by Gasteiger charge is -2.15. The molecule has 160 valence electrons. The number of nitrogen functional groups attached to an aromatic ring is 1. The number of nitrogens with two attached hydrogens (primary N) is 1. The molecule has 4 rings (SSSR count). The molecule has 0 amide bonds. The highest BCUT2D eigenvalue weighted by Crippen LogP contribution is 2.18. The van der Waals surface area contributed by atoms with Crippen LogP contribution >= 0.6 is 0 Å². The third-order valence-electron chi connectivity index (χ3n) is 4.74. The Hall–Kier alpha value is -3.79. The van der Waals surface area contributed by atoms with Gasteiger partial charge in [-0.25, -0.2) is 0 Å². The summed E-state index contributed by atoms with van der Waals surface area (Å²) in [7, 11) is 0. The Bertz CT molecular complexity index is 1190. The molecule has 10 nitrogen and oxygen atoms in total. The third kappa shape index (κ3) is 4.69. The lowest BCUT2D eigenvalue weighted by molar-refractivity contribution is -0.133. The van der Waals surface area contributed by atoms with Crippen LogP contribution in [0.3, 0.4) is 0 Å². The highest BCUT2D eigenvalue weighted by Gasteiger charge is 2.23. The first-order valence-corrected chi connectivity index (χ1v) is 9.81. The number of hydrogen-bond acceptors (Lipinski definition) is 9.